The van der Waals surface area contributed by atoms with Gasteiger partial charge in [-0.05, 0) is 36.8 Å². The maximum atomic E-state index is 11.1. The monoisotopic (exact) mass is 436 g/mol. The lowest BCUT2D eigenvalue weighted by Gasteiger charge is -2.14. The Morgan fingerprint density at radius 1 is 1.10 bits per heavy atom. The molecule has 2 aromatic rings. The van der Waals surface area contributed by atoms with E-state index in [1.54, 1.807) is 19.2 Å². The van der Waals surface area contributed by atoms with Crippen molar-refractivity contribution in [2.24, 2.45) is 5.10 Å². The number of carbonyl (C=O) groups is 1. The van der Waals surface area contributed by atoms with Gasteiger partial charge in [-0.15, -0.1) is 0 Å². The van der Waals surface area contributed by atoms with Gasteiger partial charge in [0.25, 0.3) is 0 Å². The Morgan fingerprint density at radius 3 is 2.60 bits per heavy atom. The second kappa shape index (κ2) is 12.4. The maximum Gasteiger partial charge on any atom is 0.427 e. The predicted molar refractivity (Wildman–Crippen MR) is 114 cm³/mol. The number of rotatable bonds is 11. The minimum absolute atomic E-state index is 0.370. The van der Waals surface area contributed by atoms with Gasteiger partial charge in [0.15, 0.2) is 11.5 Å². The number of hydrogen-bond acceptors (Lipinski definition) is 7. The Kier molecular flexibility index (Phi) is 9.60. The second-order valence-corrected chi connectivity index (χ2v) is 6.26. The van der Waals surface area contributed by atoms with Gasteiger partial charge in [0.2, 0.25) is 0 Å². The smallest absolute Gasteiger partial charge is 0.427 e. The van der Waals surface area contributed by atoms with Crippen LogP contribution >= 0.6 is 11.6 Å². The third kappa shape index (κ3) is 7.36. The molecule has 0 aliphatic rings. The summed E-state index contributed by atoms with van der Waals surface area (Å²) >= 11 is 6.36. The SMILES string of the molecule is CCOc1cc(/C=N\NC(=O)OC)cc(Cl)c1OCCCOc1cccc(OC)c1. The molecule has 0 unspecified atom stereocenters. The van der Waals surface area contributed by atoms with Crippen LogP contribution in [0.1, 0.15) is 18.9 Å². The van der Waals surface area contributed by atoms with Crippen molar-refractivity contribution in [2.75, 3.05) is 34.0 Å². The van der Waals surface area contributed by atoms with Crippen LogP contribution in [0.4, 0.5) is 4.79 Å². The molecular formula is C21H25ClN2O6. The third-order valence-corrected chi connectivity index (χ3v) is 4.01. The van der Waals surface area contributed by atoms with Crippen LogP contribution in [0.15, 0.2) is 41.5 Å². The van der Waals surface area contributed by atoms with E-state index in [4.69, 9.17) is 30.5 Å². The quantitative estimate of drug-likeness (QED) is 0.321. The Labute approximate surface area is 180 Å². The molecule has 0 saturated heterocycles. The van der Waals surface area contributed by atoms with Gasteiger partial charge in [0, 0.05) is 12.5 Å². The molecule has 30 heavy (non-hydrogen) atoms. The molecule has 2 aromatic carbocycles. The fourth-order valence-corrected chi connectivity index (χ4v) is 2.66. The highest BCUT2D eigenvalue weighted by Crippen LogP contribution is 2.36. The molecule has 0 spiro atoms. The molecule has 9 heteroatoms. The Bertz CT molecular complexity index is 859. The van der Waals surface area contributed by atoms with E-state index in [1.807, 2.05) is 31.2 Å². The number of benzene rings is 2. The minimum atomic E-state index is -0.668. The number of carbonyl (C=O) groups excluding carboxylic acids is 1. The molecule has 1 N–H and O–H groups in total. The molecular weight excluding hydrogens is 412 g/mol. The number of nitrogens with zero attached hydrogens (tertiary/aromatic N) is 1. The Morgan fingerprint density at radius 2 is 1.87 bits per heavy atom. The van der Waals surface area contributed by atoms with Crippen LogP contribution in [-0.4, -0.2) is 46.3 Å². The number of hydrazone groups is 1. The maximum absolute atomic E-state index is 11.1. The van der Waals surface area contributed by atoms with E-state index in [0.29, 0.717) is 48.3 Å². The number of ether oxygens (including phenoxy) is 5. The van der Waals surface area contributed by atoms with Crippen molar-refractivity contribution in [3.05, 3.63) is 47.0 Å². The van der Waals surface area contributed by atoms with E-state index in [9.17, 15) is 4.79 Å². The average molecular weight is 437 g/mol. The van der Waals surface area contributed by atoms with Gasteiger partial charge in [-0.2, -0.15) is 5.10 Å². The highest BCUT2D eigenvalue weighted by Gasteiger charge is 2.12. The van der Waals surface area contributed by atoms with Gasteiger partial charge in [-0.25, -0.2) is 10.2 Å². The third-order valence-electron chi connectivity index (χ3n) is 3.73. The van der Waals surface area contributed by atoms with Gasteiger partial charge in [-0.3, -0.25) is 0 Å². The summed E-state index contributed by atoms with van der Waals surface area (Å²) in [6, 6.07) is 10.8. The lowest BCUT2D eigenvalue weighted by Crippen LogP contribution is -2.16. The molecule has 1 amide bonds. The number of halogens is 1. The predicted octanol–water partition coefficient (Wildman–Crippen LogP) is 4.29. The molecule has 8 nitrogen and oxygen atoms in total. The molecule has 0 aromatic heterocycles. The van der Waals surface area contributed by atoms with Crippen molar-refractivity contribution < 1.29 is 28.5 Å². The fraction of sp³-hybridized carbons (Fsp3) is 0.333. The van der Waals surface area contributed by atoms with E-state index >= 15 is 0 Å². The average Bonchev–Trinajstić information content (AvgIpc) is 2.75. The Hall–Kier alpha value is -3.13. The van der Waals surface area contributed by atoms with E-state index < -0.39 is 6.09 Å². The van der Waals surface area contributed by atoms with Crippen LogP contribution in [0.25, 0.3) is 0 Å². The fourth-order valence-electron chi connectivity index (χ4n) is 2.38. The van der Waals surface area contributed by atoms with Crippen LogP contribution < -0.4 is 24.4 Å². The molecule has 0 aliphatic carbocycles. The number of methoxy groups -OCH3 is 2. The summed E-state index contributed by atoms with van der Waals surface area (Å²) in [5, 5.41) is 4.15. The highest BCUT2D eigenvalue weighted by molar-refractivity contribution is 6.32. The van der Waals surface area contributed by atoms with Crippen LogP contribution in [0.2, 0.25) is 5.02 Å². The lowest BCUT2D eigenvalue weighted by molar-refractivity contribution is 0.171. The van der Waals surface area contributed by atoms with Gasteiger partial charge in [0.05, 0.1) is 45.3 Å². The first-order chi connectivity index (χ1) is 14.6. The topological polar surface area (TPSA) is 87.6 Å². The largest absolute Gasteiger partial charge is 0.497 e. The molecule has 0 fully saturated rings. The first-order valence-corrected chi connectivity index (χ1v) is 9.68. The summed E-state index contributed by atoms with van der Waals surface area (Å²) in [7, 11) is 2.86. The summed E-state index contributed by atoms with van der Waals surface area (Å²) in [5.41, 5.74) is 2.84. The van der Waals surface area contributed by atoms with Crippen LogP contribution in [0, 0.1) is 0 Å². The Balaban J connectivity index is 1.92. The van der Waals surface area contributed by atoms with E-state index in [2.05, 4.69) is 15.3 Å². The summed E-state index contributed by atoms with van der Waals surface area (Å²) in [6.07, 6.45) is 1.40. The lowest BCUT2D eigenvalue weighted by atomic mass is 10.2. The van der Waals surface area contributed by atoms with Crippen molar-refractivity contribution in [1.29, 1.82) is 0 Å². The summed E-state index contributed by atoms with van der Waals surface area (Å²) < 4.78 is 26.8. The van der Waals surface area contributed by atoms with Gasteiger partial charge < -0.3 is 23.7 Å². The van der Waals surface area contributed by atoms with Crippen molar-refractivity contribution >= 4 is 23.9 Å². The molecule has 0 radical (unpaired) electrons. The van der Waals surface area contributed by atoms with Gasteiger partial charge in [0.1, 0.15) is 11.5 Å². The van der Waals surface area contributed by atoms with Crippen LogP contribution in [0.5, 0.6) is 23.0 Å². The number of nitrogens with one attached hydrogen (secondary N) is 1. The van der Waals surface area contributed by atoms with Gasteiger partial charge >= 0.3 is 6.09 Å². The standard InChI is InChI=1S/C21H25ClN2O6/c1-4-28-19-12-15(14-23-24-21(25)27-3)11-18(22)20(19)30-10-6-9-29-17-8-5-7-16(13-17)26-2/h5,7-8,11-14H,4,6,9-10H2,1-3H3,(H,24,25)/b23-14-. The first kappa shape index (κ1) is 23.2. The van der Waals surface area contributed by atoms with E-state index in [-0.39, 0.29) is 0 Å². The van der Waals surface area contributed by atoms with Crippen molar-refractivity contribution in [3.63, 3.8) is 0 Å². The molecule has 162 valence electrons. The first-order valence-electron chi connectivity index (χ1n) is 9.30. The van der Waals surface area contributed by atoms with Crippen molar-refractivity contribution in [2.45, 2.75) is 13.3 Å². The highest BCUT2D eigenvalue weighted by atomic mass is 35.5. The molecule has 0 aliphatic heterocycles. The second-order valence-electron chi connectivity index (χ2n) is 5.85. The zero-order chi connectivity index (χ0) is 21.8. The molecule has 0 atom stereocenters. The van der Waals surface area contributed by atoms with Gasteiger partial charge in [-0.1, -0.05) is 17.7 Å². The van der Waals surface area contributed by atoms with Crippen molar-refractivity contribution in [1.82, 2.24) is 5.43 Å². The molecule has 2 rings (SSSR count). The summed E-state index contributed by atoms with van der Waals surface area (Å²) in [4.78, 5) is 11.1. The summed E-state index contributed by atoms with van der Waals surface area (Å²) in [5.74, 6) is 2.39. The van der Waals surface area contributed by atoms with Crippen LogP contribution in [0.3, 0.4) is 0 Å². The number of hydrogen-bond donors (Lipinski definition) is 1. The normalized spacial score (nSPS) is 10.5. The van der Waals surface area contributed by atoms with E-state index in [0.717, 1.165) is 11.5 Å². The van der Waals surface area contributed by atoms with Crippen LogP contribution in [-0.2, 0) is 4.74 Å². The van der Waals surface area contributed by atoms with E-state index in [1.165, 1.54) is 13.3 Å². The number of amides is 1. The van der Waals surface area contributed by atoms with Crippen molar-refractivity contribution in [3.8, 4) is 23.0 Å². The molecule has 0 saturated carbocycles. The summed E-state index contributed by atoms with van der Waals surface area (Å²) in [6.45, 7) is 3.16. The molecule has 0 heterocycles. The minimum Gasteiger partial charge on any atom is -0.497 e. The molecule has 0 bridgehead atoms. The zero-order valence-electron chi connectivity index (χ0n) is 17.1. The zero-order valence-corrected chi connectivity index (χ0v) is 17.9.